The summed E-state index contributed by atoms with van der Waals surface area (Å²) >= 11 is 3.06. The molecule has 1 fully saturated rings. The van der Waals surface area contributed by atoms with E-state index in [9.17, 15) is 14.9 Å². The van der Waals surface area contributed by atoms with Gasteiger partial charge >= 0.3 is 0 Å². The summed E-state index contributed by atoms with van der Waals surface area (Å²) in [6.07, 6.45) is 2.10. The Labute approximate surface area is 280 Å². The van der Waals surface area contributed by atoms with E-state index in [2.05, 4.69) is 47.8 Å². The molecule has 10 nitrogen and oxygen atoms in total. The van der Waals surface area contributed by atoms with Gasteiger partial charge in [-0.2, -0.15) is 10.4 Å². The van der Waals surface area contributed by atoms with E-state index in [0.717, 1.165) is 33.8 Å². The summed E-state index contributed by atoms with van der Waals surface area (Å²) < 4.78 is 0. The van der Waals surface area contributed by atoms with Crippen LogP contribution >= 0.6 is 23.1 Å². The summed E-state index contributed by atoms with van der Waals surface area (Å²) in [7, 11) is 1.63. The van der Waals surface area contributed by atoms with Crippen LogP contribution < -0.4 is 27.7 Å². The van der Waals surface area contributed by atoms with E-state index in [0.29, 0.717) is 29.0 Å². The van der Waals surface area contributed by atoms with Crippen molar-refractivity contribution >= 4 is 40.7 Å². The maximum Gasteiger partial charge on any atom is 0.261 e. The first-order chi connectivity index (χ1) is 21.4. The summed E-state index contributed by atoms with van der Waals surface area (Å²) in [5.41, 5.74) is 10.8. The molecule has 1 aliphatic rings. The van der Waals surface area contributed by atoms with Gasteiger partial charge < -0.3 is 21.3 Å². The van der Waals surface area contributed by atoms with Gasteiger partial charge in [0.15, 0.2) is 0 Å². The molecule has 1 aromatic rings. The molecule has 0 aromatic carbocycles. The van der Waals surface area contributed by atoms with E-state index in [1.54, 1.807) is 36.0 Å². The molecule has 45 heavy (non-hydrogen) atoms. The molecule has 0 aliphatic heterocycles. The van der Waals surface area contributed by atoms with Crippen molar-refractivity contribution in [2.24, 2.45) is 34.4 Å². The van der Waals surface area contributed by atoms with Gasteiger partial charge in [-0.1, -0.05) is 53.7 Å². The van der Waals surface area contributed by atoms with E-state index in [1.165, 1.54) is 11.3 Å². The Hall–Kier alpha value is -2.85. The molecule has 0 spiro atoms. The number of nitrogens with two attached hydrogens (primary N) is 2. The van der Waals surface area contributed by atoms with Crippen LogP contribution in [-0.4, -0.2) is 54.3 Å². The van der Waals surface area contributed by atoms with E-state index in [-0.39, 0.29) is 36.4 Å². The van der Waals surface area contributed by atoms with Crippen LogP contribution in [0.25, 0.3) is 0 Å². The Morgan fingerprint density at radius 2 is 1.84 bits per heavy atom. The first-order valence-electron chi connectivity index (χ1n) is 15.9. The molecule has 0 saturated heterocycles. The number of hydrazone groups is 1. The third kappa shape index (κ3) is 12.5. The lowest BCUT2D eigenvalue weighted by atomic mass is 9.91. The molecule has 0 radical (unpaired) electrons. The van der Waals surface area contributed by atoms with Gasteiger partial charge in [0.2, 0.25) is 5.91 Å². The normalized spacial score (nSPS) is 19.5. The summed E-state index contributed by atoms with van der Waals surface area (Å²) in [5.74, 6) is 6.20. The van der Waals surface area contributed by atoms with Gasteiger partial charge in [-0.3, -0.25) is 9.59 Å². The molecule has 4 unspecified atom stereocenters. The fourth-order valence-electron chi connectivity index (χ4n) is 5.18. The molecule has 1 heterocycles. The van der Waals surface area contributed by atoms with E-state index in [4.69, 9.17) is 11.6 Å². The number of amidine groups is 1. The van der Waals surface area contributed by atoms with Gasteiger partial charge in [0, 0.05) is 29.9 Å². The number of hydrogen-bond acceptors (Lipinski definition) is 9. The number of nitrogens with one attached hydrogen (secondary N) is 3. The highest BCUT2D eigenvalue weighted by molar-refractivity contribution is 8.05. The van der Waals surface area contributed by atoms with Crippen LogP contribution in [-0.2, 0) is 11.2 Å². The van der Waals surface area contributed by atoms with Crippen molar-refractivity contribution in [3.8, 4) is 6.07 Å². The average molecular weight is 663 g/mol. The summed E-state index contributed by atoms with van der Waals surface area (Å²) in [4.78, 5) is 30.0. The van der Waals surface area contributed by atoms with Crippen molar-refractivity contribution in [2.45, 2.75) is 107 Å². The fourth-order valence-corrected chi connectivity index (χ4v) is 7.05. The number of allylic oxidation sites excluding steroid dienone is 1. The van der Waals surface area contributed by atoms with Crippen LogP contribution in [0.1, 0.15) is 95.3 Å². The predicted molar refractivity (Wildman–Crippen MR) is 193 cm³/mol. The van der Waals surface area contributed by atoms with Crippen molar-refractivity contribution in [3.63, 3.8) is 0 Å². The number of hydrogen-bond donors (Lipinski definition) is 5. The van der Waals surface area contributed by atoms with Crippen LogP contribution in [0.2, 0.25) is 0 Å². The summed E-state index contributed by atoms with van der Waals surface area (Å²) in [6.45, 7) is 24.1. The molecule has 2 amide bonds. The minimum Gasteiger partial charge on any atom is -0.385 e. The number of rotatable bonds is 16. The second kappa shape index (κ2) is 21.8. The van der Waals surface area contributed by atoms with Crippen LogP contribution in [0.4, 0.5) is 0 Å². The zero-order chi connectivity index (χ0) is 34.9. The molecule has 1 saturated carbocycles. The Balaban J connectivity index is 0.00000464. The standard InChI is InChI=1S/C29H46N8O2S2.2C2H6/c1-9-40-24(11-10-23-16(2)12-25(41-23)29(39)33-8)21(7)22(28(31)35-36-32)13-17(3)34-15-26(38)37(18(4)14-30)27-19(5)20(27)6;2*1-2/h9,12,17-20,22,27,34,36H,1,10-11,13,15,32H2,2-8H3,(H2,31,35)(H,33,39);2*1-2H3/b24-21+;;/t17?,18-,19-,20?,22?,27?;;/m0../s1. The highest BCUT2D eigenvalue weighted by Crippen LogP contribution is 2.43. The molecule has 7 N–H and O–H groups in total. The number of aryl methyl sites for hydroxylation is 2. The summed E-state index contributed by atoms with van der Waals surface area (Å²) in [6, 6.07) is 3.69. The first-order valence-corrected chi connectivity index (χ1v) is 17.6. The number of carbonyl (C=O) groups is 2. The highest BCUT2D eigenvalue weighted by atomic mass is 32.2. The van der Waals surface area contributed by atoms with Crippen molar-refractivity contribution < 1.29 is 9.59 Å². The van der Waals surface area contributed by atoms with Crippen molar-refractivity contribution in [3.05, 3.63) is 43.8 Å². The number of amides is 2. The minimum atomic E-state index is -0.480. The molecule has 1 aliphatic carbocycles. The third-order valence-corrected chi connectivity index (χ3v) is 10.2. The SMILES string of the molecule is C=CS/C(CCc1sc(C(=O)NC)cc1C)=C(\C)C(CC(C)NCC(=O)N(C1C(C)[C@@H]1C)[C@@H](C)C#N)/C(N)=N/NN.CC.CC. The largest absolute Gasteiger partial charge is 0.385 e. The number of thioether (sulfide) groups is 1. The third-order valence-electron chi connectivity index (χ3n) is 7.96. The lowest BCUT2D eigenvalue weighted by Crippen LogP contribution is -2.47. The molecular weight excluding hydrogens is 605 g/mol. The second-order valence-corrected chi connectivity index (χ2v) is 12.9. The predicted octanol–water partition coefficient (Wildman–Crippen LogP) is 5.67. The van der Waals surface area contributed by atoms with E-state index >= 15 is 0 Å². The number of hydrazine groups is 1. The minimum absolute atomic E-state index is 0.0773. The molecule has 2 rings (SSSR count). The smallest absolute Gasteiger partial charge is 0.261 e. The van der Waals surface area contributed by atoms with Gasteiger partial charge in [-0.25, -0.2) is 11.4 Å². The number of thiophene rings is 1. The maximum atomic E-state index is 13.2. The van der Waals surface area contributed by atoms with Crippen LogP contribution in [0.15, 0.2) is 33.6 Å². The van der Waals surface area contributed by atoms with Crippen LogP contribution in [0.5, 0.6) is 0 Å². The highest BCUT2D eigenvalue weighted by Gasteiger charge is 2.50. The van der Waals surface area contributed by atoms with Crippen molar-refractivity contribution in [2.75, 3.05) is 13.6 Å². The van der Waals surface area contributed by atoms with Gasteiger partial charge in [0.1, 0.15) is 11.9 Å². The Bertz CT molecular complexity index is 1180. The van der Waals surface area contributed by atoms with Gasteiger partial charge in [-0.05, 0) is 80.7 Å². The number of nitrogens with zero attached hydrogens (tertiary/aromatic N) is 3. The zero-order valence-electron chi connectivity index (χ0n) is 29.3. The Kier molecular flexibility index (Phi) is 20.4. The Morgan fingerprint density at radius 1 is 1.24 bits per heavy atom. The van der Waals surface area contributed by atoms with Gasteiger partial charge in [-0.15, -0.1) is 23.1 Å². The quantitative estimate of drug-likeness (QED) is 0.0655. The Morgan fingerprint density at radius 3 is 2.33 bits per heavy atom. The topological polar surface area (TPSA) is 162 Å². The van der Waals surface area contributed by atoms with Crippen LogP contribution in [0.3, 0.4) is 0 Å². The van der Waals surface area contributed by atoms with E-state index in [1.807, 2.05) is 54.5 Å². The average Bonchev–Trinajstić information content (AvgIpc) is 3.43. The van der Waals surface area contributed by atoms with Crippen molar-refractivity contribution in [1.82, 2.24) is 21.1 Å². The molecule has 1 aromatic heterocycles. The second-order valence-electron chi connectivity index (χ2n) is 10.7. The molecule has 6 atom stereocenters. The maximum absolute atomic E-state index is 13.2. The molecular formula is C33H58N8O2S2. The van der Waals surface area contributed by atoms with Gasteiger partial charge in [0.25, 0.3) is 5.91 Å². The zero-order valence-corrected chi connectivity index (χ0v) is 30.9. The molecule has 0 bridgehead atoms. The molecule has 12 heteroatoms. The number of carbonyl (C=O) groups excluding carboxylic acids is 2. The lowest BCUT2D eigenvalue weighted by molar-refractivity contribution is -0.132. The van der Waals surface area contributed by atoms with Crippen molar-refractivity contribution in [1.29, 1.82) is 5.26 Å². The fraction of sp³-hybridized carbons (Fsp3) is 0.636. The first kappa shape index (κ1) is 42.1. The number of nitriles is 1. The van der Waals surface area contributed by atoms with Crippen LogP contribution in [0, 0.1) is 36.0 Å². The lowest BCUT2D eigenvalue weighted by Gasteiger charge is -2.28. The molecule has 254 valence electrons. The van der Waals surface area contributed by atoms with E-state index < -0.39 is 6.04 Å². The van der Waals surface area contributed by atoms with Gasteiger partial charge in [0.05, 0.1) is 17.5 Å². The summed E-state index contributed by atoms with van der Waals surface area (Å²) in [5, 5.41) is 21.4. The monoisotopic (exact) mass is 662 g/mol.